The van der Waals surface area contributed by atoms with Gasteiger partial charge in [0.1, 0.15) is 11.5 Å². The minimum Gasteiger partial charge on any atom is -0.497 e. The molecule has 21 heavy (non-hydrogen) atoms. The molecule has 0 saturated carbocycles. The van der Waals surface area contributed by atoms with Gasteiger partial charge in [-0.25, -0.2) is 0 Å². The van der Waals surface area contributed by atoms with Crippen LogP contribution in [0.4, 0.5) is 0 Å². The molecule has 0 unspecified atom stereocenters. The molecule has 0 aliphatic rings. The van der Waals surface area contributed by atoms with Crippen LogP contribution >= 0.6 is 11.3 Å². The molecule has 2 aromatic carbocycles. The van der Waals surface area contributed by atoms with Gasteiger partial charge in [-0.15, -0.1) is 11.3 Å². The van der Waals surface area contributed by atoms with Crippen LogP contribution in [0.5, 0.6) is 11.5 Å². The van der Waals surface area contributed by atoms with E-state index in [1.165, 1.54) is 21.6 Å². The van der Waals surface area contributed by atoms with Gasteiger partial charge in [-0.3, -0.25) is 0 Å². The maximum atomic E-state index is 5.28. The summed E-state index contributed by atoms with van der Waals surface area (Å²) in [6.07, 6.45) is 0. The lowest BCUT2D eigenvalue weighted by Crippen LogP contribution is -1.82. The molecule has 0 aliphatic heterocycles. The molecule has 1 aromatic heterocycles. The van der Waals surface area contributed by atoms with Crippen molar-refractivity contribution in [1.29, 1.82) is 0 Å². The first-order chi connectivity index (χ1) is 10.3. The van der Waals surface area contributed by atoms with Crippen LogP contribution < -0.4 is 9.47 Å². The third kappa shape index (κ3) is 2.93. The molecule has 0 spiro atoms. The number of rotatable bonds is 4. The lowest BCUT2D eigenvalue weighted by Gasteiger charge is -2.02. The quantitative estimate of drug-likeness (QED) is 0.667. The highest BCUT2D eigenvalue weighted by Gasteiger charge is 2.06. The van der Waals surface area contributed by atoms with Crippen molar-refractivity contribution in [2.45, 2.75) is 0 Å². The Balaban J connectivity index is 1.91. The predicted octanol–water partition coefficient (Wildman–Crippen LogP) is 5.10. The molecule has 2 nitrogen and oxygen atoms in total. The highest BCUT2D eigenvalue weighted by molar-refractivity contribution is 7.14. The first-order valence-corrected chi connectivity index (χ1v) is 7.55. The number of benzene rings is 2. The number of thiophene rings is 1. The summed E-state index contributed by atoms with van der Waals surface area (Å²) in [6, 6.07) is 18.5. The molecule has 0 amide bonds. The fourth-order valence-electron chi connectivity index (χ4n) is 2.20. The molecule has 0 fully saturated rings. The van der Waals surface area contributed by atoms with Crippen LogP contribution in [0.25, 0.3) is 21.6 Å². The maximum absolute atomic E-state index is 5.28. The zero-order chi connectivity index (χ0) is 14.7. The summed E-state index contributed by atoms with van der Waals surface area (Å²) in [5, 5.41) is 2.18. The van der Waals surface area contributed by atoms with Gasteiger partial charge < -0.3 is 9.47 Å². The standard InChI is InChI=1S/C18H16O2S/c1-19-16-8-6-13(7-9-16)15-11-18(21-12-15)14-4-3-5-17(10-14)20-2/h3-12H,1-2H3. The highest BCUT2D eigenvalue weighted by atomic mass is 32.1. The Bertz CT molecular complexity index is 729. The third-order valence-electron chi connectivity index (χ3n) is 3.38. The van der Waals surface area contributed by atoms with Gasteiger partial charge in [0.15, 0.2) is 0 Å². The molecular formula is C18H16O2S. The molecule has 1 heterocycles. The van der Waals surface area contributed by atoms with Crippen molar-refractivity contribution in [3.63, 3.8) is 0 Å². The van der Waals surface area contributed by atoms with Gasteiger partial charge in [-0.2, -0.15) is 0 Å². The summed E-state index contributed by atoms with van der Waals surface area (Å²) >= 11 is 1.74. The Morgan fingerprint density at radius 2 is 1.48 bits per heavy atom. The fourth-order valence-corrected chi connectivity index (χ4v) is 3.11. The SMILES string of the molecule is COc1ccc(-c2csc(-c3cccc(OC)c3)c2)cc1. The number of hydrogen-bond donors (Lipinski definition) is 0. The van der Waals surface area contributed by atoms with Crippen molar-refractivity contribution in [2.24, 2.45) is 0 Å². The summed E-state index contributed by atoms with van der Waals surface area (Å²) in [6.45, 7) is 0. The lowest BCUT2D eigenvalue weighted by molar-refractivity contribution is 0.415. The maximum Gasteiger partial charge on any atom is 0.119 e. The largest absolute Gasteiger partial charge is 0.497 e. The van der Waals surface area contributed by atoms with E-state index in [4.69, 9.17) is 9.47 Å². The summed E-state index contributed by atoms with van der Waals surface area (Å²) in [4.78, 5) is 1.24. The van der Waals surface area contributed by atoms with Crippen LogP contribution in [0.15, 0.2) is 60.0 Å². The van der Waals surface area contributed by atoms with Gasteiger partial charge in [-0.1, -0.05) is 24.3 Å². The second kappa shape index (κ2) is 6.02. The average molecular weight is 296 g/mol. The van der Waals surface area contributed by atoms with E-state index >= 15 is 0 Å². The second-order valence-electron chi connectivity index (χ2n) is 4.66. The molecule has 0 atom stereocenters. The van der Waals surface area contributed by atoms with Crippen molar-refractivity contribution in [3.05, 3.63) is 60.0 Å². The zero-order valence-corrected chi connectivity index (χ0v) is 12.8. The normalized spacial score (nSPS) is 10.4. The van der Waals surface area contributed by atoms with Crippen molar-refractivity contribution >= 4 is 11.3 Å². The molecule has 3 heteroatoms. The molecule has 106 valence electrons. The summed E-state index contributed by atoms with van der Waals surface area (Å²) in [7, 11) is 3.37. The smallest absolute Gasteiger partial charge is 0.119 e. The van der Waals surface area contributed by atoms with Crippen LogP contribution in [-0.2, 0) is 0 Å². The van der Waals surface area contributed by atoms with E-state index in [0.717, 1.165) is 11.5 Å². The second-order valence-corrected chi connectivity index (χ2v) is 5.57. The van der Waals surface area contributed by atoms with Gasteiger partial charge in [0.25, 0.3) is 0 Å². The molecule has 0 saturated heterocycles. The summed E-state index contributed by atoms with van der Waals surface area (Å²) in [5.41, 5.74) is 3.60. The van der Waals surface area contributed by atoms with Gasteiger partial charge in [0.05, 0.1) is 14.2 Å². The predicted molar refractivity (Wildman–Crippen MR) is 88.3 cm³/mol. The Kier molecular flexibility index (Phi) is 3.93. The van der Waals surface area contributed by atoms with Crippen LogP contribution in [0, 0.1) is 0 Å². The summed E-state index contributed by atoms with van der Waals surface area (Å²) < 4.78 is 10.5. The van der Waals surface area contributed by atoms with Crippen LogP contribution in [0.2, 0.25) is 0 Å². The van der Waals surface area contributed by atoms with Crippen molar-refractivity contribution < 1.29 is 9.47 Å². The van der Waals surface area contributed by atoms with Gasteiger partial charge >= 0.3 is 0 Å². The lowest BCUT2D eigenvalue weighted by atomic mass is 10.1. The number of ether oxygens (including phenoxy) is 2. The van der Waals surface area contributed by atoms with Gasteiger partial charge in [0.2, 0.25) is 0 Å². The minimum absolute atomic E-state index is 0.877. The minimum atomic E-state index is 0.877. The number of hydrogen-bond acceptors (Lipinski definition) is 3. The van der Waals surface area contributed by atoms with Crippen LogP contribution in [-0.4, -0.2) is 14.2 Å². The average Bonchev–Trinajstić information content (AvgIpc) is 3.05. The van der Waals surface area contributed by atoms with E-state index in [2.05, 4.69) is 35.7 Å². The zero-order valence-electron chi connectivity index (χ0n) is 12.0. The third-order valence-corrected chi connectivity index (χ3v) is 4.36. The molecule has 3 rings (SSSR count). The van der Waals surface area contributed by atoms with E-state index in [9.17, 15) is 0 Å². The Labute approximate surface area is 128 Å². The molecule has 0 bridgehead atoms. The van der Waals surface area contributed by atoms with E-state index in [1.54, 1.807) is 25.6 Å². The van der Waals surface area contributed by atoms with Gasteiger partial charge in [-0.05, 0) is 52.4 Å². The Morgan fingerprint density at radius 3 is 2.19 bits per heavy atom. The topological polar surface area (TPSA) is 18.5 Å². The molecular weight excluding hydrogens is 280 g/mol. The highest BCUT2D eigenvalue weighted by Crippen LogP contribution is 2.34. The Hall–Kier alpha value is -2.26. The molecule has 0 radical (unpaired) electrons. The van der Waals surface area contributed by atoms with Crippen molar-refractivity contribution in [3.8, 4) is 33.1 Å². The molecule has 3 aromatic rings. The van der Waals surface area contributed by atoms with Crippen LogP contribution in [0.1, 0.15) is 0 Å². The first kappa shape index (κ1) is 13.7. The van der Waals surface area contributed by atoms with Crippen LogP contribution in [0.3, 0.4) is 0 Å². The van der Waals surface area contributed by atoms with E-state index in [0.29, 0.717) is 0 Å². The Morgan fingerprint density at radius 1 is 0.714 bits per heavy atom. The van der Waals surface area contributed by atoms with E-state index in [1.807, 2.05) is 24.3 Å². The van der Waals surface area contributed by atoms with Gasteiger partial charge in [0, 0.05) is 4.88 Å². The number of methoxy groups -OCH3 is 2. The first-order valence-electron chi connectivity index (χ1n) is 6.67. The van der Waals surface area contributed by atoms with Crippen molar-refractivity contribution in [2.75, 3.05) is 14.2 Å². The van der Waals surface area contributed by atoms with E-state index in [-0.39, 0.29) is 0 Å². The molecule has 0 aliphatic carbocycles. The molecule has 0 N–H and O–H groups in total. The summed E-state index contributed by atoms with van der Waals surface area (Å²) in [5.74, 6) is 1.76. The van der Waals surface area contributed by atoms with E-state index < -0.39 is 0 Å². The monoisotopic (exact) mass is 296 g/mol. The fraction of sp³-hybridized carbons (Fsp3) is 0.111. The van der Waals surface area contributed by atoms with Crippen molar-refractivity contribution in [1.82, 2.24) is 0 Å².